The average molecular weight is 346 g/mol. The summed E-state index contributed by atoms with van der Waals surface area (Å²) in [6.07, 6.45) is 3.02. The van der Waals surface area contributed by atoms with Crippen molar-refractivity contribution >= 4 is 5.82 Å². The van der Waals surface area contributed by atoms with Gasteiger partial charge >= 0.3 is 0 Å². The van der Waals surface area contributed by atoms with Crippen LogP contribution in [0.5, 0.6) is 0 Å². The molecule has 0 aliphatic carbocycles. The maximum atomic E-state index is 12.1. The Morgan fingerprint density at radius 2 is 2.16 bits per heavy atom. The minimum atomic E-state index is -0.320. The first-order chi connectivity index (χ1) is 11.9. The summed E-state index contributed by atoms with van der Waals surface area (Å²) < 4.78 is 0. The van der Waals surface area contributed by atoms with Crippen LogP contribution >= 0.6 is 0 Å². The Kier molecular flexibility index (Phi) is 6.02. The van der Waals surface area contributed by atoms with Gasteiger partial charge in [0.15, 0.2) is 0 Å². The van der Waals surface area contributed by atoms with Crippen molar-refractivity contribution in [3.05, 3.63) is 29.1 Å². The molecule has 2 rings (SSSR count). The second kappa shape index (κ2) is 8.01. The molecule has 1 aromatic heterocycles. The van der Waals surface area contributed by atoms with Gasteiger partial charge in [-0.3, -0.25) is 0 Å². The Labute approximate surface area is 148 Å². The number of hydrazine groups is 1. The predicted octanol–water partition coefficient (Wildman–Crippen LogP) is 2.85. The van der Waals surface area contributed by atoms with E-state index in [1.165, 1.54) is 0 Å². The molecule has 1 aliphatic rings. The number of anilines is 1. The molecule has 1 aliphatic heterocycles. The van der Waals surface area contributed by atoms with Crippen LogP contribution < -0.4 is 4.90 Å². The van der Waals surface area contributed by atoms with Gasteiger partial charge in [-0.05, 0) is 39.8 Å². The molecule has 0 unspecified atom stereocenters. The van der Waals surface area contributed by atoms with E-state index in [9.17, 15) is 10.5 Å². The molecule has 0 atom stereocenters. The average Bonchev–Trinajstić information content (AvgIpc) is 2.59. The Balaban J connectivity index is 1.92. The largest absolute Gasteiger partial charge is 0.569 e. The van der Waals surface area contributed by atoms with E-state index < -0.39 is 0 Å². The lowest BCUT2D eigenvalue weighted by Gasteiger charge is -2.32. The molecule has 2 heterocycles. The highest BCUT2D eigenvalue weighted by Crippen LogP contribution is 2.22. The Morgan fingerprint density at radius 1 is 1.48 bits per heavy atom. The van der Waals surface area contributed by atoms with Gasteiger partial charge in [0.1, 0.15) is 18.0 Å². The van der Waals surface area contributed by atoms with Crippen molar-refractivity contribution in [1.29, 1.82) is 5.26 Å². The van der Waals surface area contributed by atoms with E-state index in [1.807, 2.05) is 27.7 Å². The van der Waals surface area contributed by atoms with Crippen LogP contribution in [0.4, 0.5) is 5.82 Å². The number of hydrogen-bond donors (Lipinski definition) is 0. The number of aromatic nitrogens is 1. The fourth-order valence-corrected chi connectivity index (χ4v) is 2.91. The van der Waals surface area contributed by atoms with Crippen molar-refractivity contribution in [3.8, 4) is 6.07 Å². The fraction of sp³-hybridized carbons (Fsp3) is 0.647. The summed E-state index contributed by atoms with van der Waals surface area (Å²) in [7, 11) is 0. The van der Waals surface area contributed by atoms with Crippen molar-refractivity contribution in [2.24, 2.45) is 5.28 Å². The molecule has 1 aromatic rings. The van der Waals surface area contributed by atoms with Crippen LogP contribution in [0.15, 0.2) is 23.6 Å². The van der Waals surface area contributed by atoms with Gasteiger partial charge in [-0.25, -0.2) is 4.98 Å². The minimum Gasteiger partial charge on any atom is -0.569 e. The number of pyridine rings is 1. The summed E-state index contributed by atoms with van der Waals surface area (Å²) in [5.74, 6) is 0.704. The molecule has 1 saturated heterocycles. The van der Waals surface area contributed by atoms with Crippen LogP contribution in [0, 0.1) is 16.5 Å². The van der Waals surface area contributed by atoms with E-state index in [1.54, 1.807) is 23.3 Å². The van der Waals surface area contributed by atoms with Gasteiger partial charge in [-0.1, -0.05) is 0 Å². The quantitative estimate of drug-likeness (QED) is 0.462. The lowest BCUT2D eigenvalue weighted by atomic mass is 10.1. The smallest absolute Gasteiger partial charge is 0.233 e. The van der Waals surface area contributed by atoms with E-state index in [0.717, 1.165) is 12.8 Å². The minimum absolute atomic E-state index is 0.111. The first-order valence-corrected chi connectivity index (χ1v) is 8.58. The van der Waals surface area contributed by atoms with Crippen molar-refractivity contribution in [2.75, 3.05) is 24.5 Å². The second-order valence-electron chi connectivity index (χ2n) is 7.00. The lowest BCUT2D eigenvalue weighted by molar-refractivity contribution is -0.725. The van der Waals surface area contributed by atoms with Crippen molar-refractivity contribution in [3.63, 3.8) is 0 Å². The zero-order chi connectivity index (χ0) is 18.4. The number of nitrogens with zero attached hydrogens (tertiary/aromatic N) is 6. The Morgan fingerprint density at radius 3 is 2.72 bits per heavy atom. The number of hydrogen-bond acceptors (Lipinski definition) is 6. The first kappa shape index (κ1) is 18.8. The van der Waals surface area contributed by atoms with Crippen LogP contribution in [-0.2, 0) is 4.84 Å². The third-order valence-electron chi connectivity index (χ3n) is 4.20. The molecule has 0 spiro atoms. The van der Waals surface area contributed by atoms with Gasteiger partial charge in [0.25, 0.3) is 0 Å². The molecular formula is C17H26N6O2. The molecule has 0 amide bonds. The van der Waals surface area contributed by atoms with Crippen LogP contribution in [0.3, 0.4) is 0 Å². The summed E-state index contributed by atoms with van der Waals surface area (Å²) in [5, 5.41) is 26.6. The molecular weight excluding hydrogens is 320 g/mol. The molecule has 136 valence electrons. The molecule has 25 heavy (non-hydrogen) atoms. The zero-order valence-corrected chi connectivity index (χ0v) is 15.3. The second-order valence-corrected chi connectivity index (χ2v) is 7.00. The molecule has 8 heteroatoms. The van der Waals surface area contributed by atoms with E-state index in [2.05, 4.69) is 21.2 Å². The number of rotatable bonds is 5. The van der Waals surface area contributed by atoms with Crippen molar-refractivity contribution < 1.29 is 9.81 Å². The highest BCUT2D eigenvalue weighted by molar-refractivity contribution is 5.53. The third-order valence-corrected chi connectivity index (χ3v) is 4.20. The van der Waals surface area contributed by atoms with Gasteiger partial charge < -0.3 is 14.9 Å². The van der Waals surface area contributed by atoms with Crippen molar-refractivity contribution in [2.45, 2.75) is 52.2 Å². The Hall–Kier alpha value is -2.56. The van der Waals surface area contributed by atoms with Gasteiger partial charge in [0.05, 0.1) is 22.6 Å². The van der Waals surface area contributed by atoms with Crippen molar-refractivity contribution in [1.82, 2.24) is 9.99 Å². The summed E-state index contributed by atoms with van der Waals surface area (Å²) in [6.45, 7) is 9.74. The maximum absolute atomic E-state index is 12.1. The molecule has 0 saturated carbocycles. The predicted molar refractivity (Wildman–Crippen MR) is 93.5 cm³/mol. The first-order valence-electron chi connectivity index (χ1n) is 8.58. The highest BCUT2D eigenvalue weighted by atomic mass is 16.7. The molecule has 0 aromatic carbocycles. The van der Waals surface area contributed by atoms with E-state index in [0.29, 0.717) is 36.0 Å². The van der Waals surface area contributed by atoms with Crippen LogP contribution in [0.2, 0.25) is 0 Å². The van der Waals surface area contributed by atoms with E-state index in [4.69, 9.17) is 4.84 Å². The van der Waals surface area contributed by atoms with Gasteiger partial charge in [-0.2, -0.15) is 5.26 Å². The van der Waals surface area contributed by atoms with Crippen LogP contribution in [0.25, 0.3) is 0 Å². The molecule has 8 nitrogen and oxygen atoms in total. The van der Waals surface area contributed by atoms with Gasteiger partial charge in [-0.15, -0.1) is 5.01 Å². The molecule has 0 N–H and O–H groups in total. The number of nitriles is 1. The highest BCUT2D eigenvalue weighted by Gasteiger charge is 2.28. The van der Waals surface area contributed by atoms with Gasteiger partial charge in [0.2, 0.25) is 5.28 Å². The van der Waals surface area contributed by atoms with Gasteiger partial charge in [0, 0.05) is 32.1 Å². The monoisotopic (exact) mass is 346 g/mol. The Bertz CT molecular complexity index is 641. The van der Waals surface area contributed by atoms with Crippen LogP contribution in [-0.4, -0.2) is 46.2 Å². The molecule has 0 radical (unpaired) electrons. The lowest BCUT2D eigenvalue weighted by Crippen LogP contribution is -2.45. The summed E-state index contributed by atoms with van der Waals surface area (Å²) in [6, 6.07) is 5.69. The number of piperidine rings is 1. The van der Waals surface area contributed by atoms with Crippen LogP contribution in [0.1, 0.15) is 46.1 Å². The third kappa shape index (κ3) is 4.72. The topological polar surface area (TPSA) is 90.8 Å². The maximum Gasteiger partial charge on any atom is 0.233 e. The molecule has 1 fully saturated rings. The zero-order valence-electron chi connectivity index (χ0n) is 15.3. The normalized spacial score (nSPS) is 16.4. The van der Waals surface area contributed by atoms with E-state index >= 15 is 0 Å². The summed E-state index contributed by atoms with van der Waals surface area (Å²) in [4.78, 5) is 12.4. The fourth-order valence-electron chi connectivity index (χ4n) is 2.91. The molecule has 0 bridgehead atoms. The summed E-state index contributed by atoms with van der Waals surface area (Å²) >= 11 is 0. The van der Waals surface area contributed by atoms with E-state index in [-0.39, 0.29) is 11.6 Å². The standard InChI is InChI=1S/C17H26N6O2/c1-5-22(17(2,3)4)23(24)20-25-15-8-11-21(12-9-15)16-14(13-18)7-6-10-19-16/h6-7,10,15H,5,8-9,11-12H2,1-4H3/b23-20+. The summed E-state index contributed by atoms with van der Waals surface area (Å²) in [5.41, 5.74) is 0.250. The SMILES string of the molecule is CCN(/[N+]([O-])=N\OC1CCN(c2ncccc2C#N)CC1)C(C)(C)C.